The Hall–Kier alpha value is -3.46. The van der Waals surface area contributed by atoms with Crippen LogP contribution in [0.5, 0.6) is 0 Å². The van der Waals surface area contributed by atoms with E-state index in [9.17, 15) is 9.18 Å². The number of hydrogen-bond donors (Lipinski definition) is 1. The lowest BCUT2D eigenvalue weighted by atomic mass is 10.1. The summed E-state index contributed by atoms with van der Waals surface area (Å²) in [6, 6.07) is 10.4. The second-order valence-electron chi connectivity index (χ2n) is 7.01. The molecule has 0 radical (unpaired) electrons. The molecule has 0 aliphatic rings. The summed E-state index contributed by atoms with van der Waals surface area (Å²) in [5.41, 5.74) is 4.53. The van der Waals surface area contributed by atoms with Crippen LogP contribution in [0, 0.1) is 33.5 Å². The van der Waals surface area contributed by atoms with Gasteiger partial charge >= 0.3 is 0 Å². The Morgan fingerprint density at radius 1 is 1.10 bits per heavy atom. The van der Waals surface area contributed by atoms with Gasteiger partial charge in [0.2, 0.25) is 0 Å². The minimum atomic E-state index is -0.491. The Morgan fingerprint density at radius 3 is 2.60 bits per heavy atom. The standard InChI is InChI=1S/C21H19FN6OS/c1-11-5-7-16(12(2)9-11)21-23-13(3)19(30-21)20(29)24-15-6-8-17(22)18(10-15)28-14(4)25-26-27-28/h5-10H,1-4H3,(H,24,29). The normalized spacial score (nSPS) is 11.0. The topological polar surface area (TPSA) is 85.6 Å². The van der Waals surface area contributed by atoms with Crippen molar-refractivity contribution in [2.75, 3.05) is 5.32 Å². The molecular formula is C21H19FN6OS. The molecule has 0 spiro atoms. The number of anilines is 1. The van der Waals surface area contributed by atoms with Crippen LogP contribution in [0.2, 0.25) is 0 Å². The molecule has 152 valence electrons. The number of carbonyl (C=O) groups excluding carboxylic acids is 1. The molecule has 30 heavy (non-hydrogen) atoms. The highest BCUT2D eigenvalue weighted by Gasteiger charge is 2.18. The Balaban J connectivity index is 1.62. The van der Waals surface area contributed by atoms with Crippen molar-refractivity contribution in [3.05, 3.63) is 69.7 Å². The van der Waals surface area contributed by atoms with Crippen molar-refractivity contribution >= 4 is 22.9 Å². The molecular weight excluding hydrogens is 403 g/mol. The van der Waals surface area contributed by atoms with Crippen LogP contribution in [0.25, 0.3) is 16.3 Å². The van der Waals surface area contributed by atoms with Gasteiger partial charge in [-0.3, -0.25) is 4.79 Å². The number of amides is 1. The highest BCUT2D eigenvalue weighted by atomic mass is 32.1. The van der Waals surface area contributed by atoms with Gasteiger partial charge in [0.15, 0.2) is 5.82 Å². The molecule has 0 bridgehead atoms. The summed E-state index contributed by atoms with van der Waals surface area (Å²) in [5.74, 6) is -0.352. The maximum absolute atomic E-state index is 14.3. The van der Waals surface area contributed by atoms with Crippen LogP contribution >= 0.6 is 11.3 Å². The molecule has 2 aromatic carbocycles. The van der Waals surface area contributed by atoms with Crippen molar-refractivity contribution in [1.82, 2.24) is 25.2 Å². The summed E-state index contributed by atoms with van der Waals surface area (Å²) in [7, 11) is 0. The van der Waals surface area contributed by atoms with Crippen LogP contribution in [0.1, 0.15) is 32.3 Å². The van der Waals surface area contributed by atoms with Crippen LogP contribution in [0.3, 0.4) is 0 Å². The van der Waals surface area contributed by atoms with E-state index in [2.05, 4.69) is 31.9 Å². The van der Waals surface area contributed by atoms with Gasteiger partial charge in [-0.25, -0.2) is 9.37 Å². The molecule has 1 amide bonds. The maximum Gasteiger partial charge on any atom is 0.267 e. The lowest BCUT2D eigenvalue weighted by Crippen LogP contribution is -2.12. The van der Waals surface area contributed by atoms with E-state index in [0.717, 1.165) is 16.1 Å². The SMILES string of the molecule is Cc1ccc(-c2nc(C)c(C(=O)Nc3ccc(F)c(-n4nnnc4C)c3)s2)c(C)c1. The first-order valence-corrected chi connectivity index (χ1v) is 10.1. The average molecular weight is 422 g/mol. The number of thiazole rings is 1. The van der Waals surface area contributed by atoms with Gasteiger partial charge in [-0.1, -0.05) is 23.8 Å². The highest BCUT2D eigenvalue weighted by molar-refractivity contribution is 7.17. The highest BCUT2D eigenvalue weighted by Crippen LogP contribution is 2.31. The average Bonchev–Trinajstić information content (AvgIpc) is 3.29. The second-order valence-corrected chi connectivity index (χ2v) is 8.01. The third kappa shape index (κ3) is 3.71. The number of nitrogens with one attached hydrogen (secondary N) is 1. The largest absolute Gasteiger partial charge is 0.321 e. The zero-order valence-electron chi connectivity index (χ0n) is 16.9. The summed E-state index contributed by atoms with van der Waals surface area (Å²) in [6.07, 6.45) is 0. The van der Waals surface area contributed by atoms with Crippen molar-refractivity contribution in [1.29, 1.82) is 0 Å². The number of nitrogens with zero attached hydrogens (tertiary/aromatic N) is 5. The van der Waals surface area contributed by atoms with Gasteiger partial charge in [-0.05, 0) is 61.9 Å². The third-order valence-electron chi connectivity index (χ3n) is 4.67. The monoisotopic (exact) mass is 422 g/mol. The molecule has 9 heteroatoms. The van der Waals surface area contributed by atoms with Crippen LogP contribution in [0.4, 0.5) is 10.1 Å². The van der Waals surface area contributed by atoms with Gasteiger partial charge in [0.25, 0.3) is 5.91 Å². The zero-order chi connectivity index (χ0) is 21.4. The molecule has 4 rings (SSSR count). The molecule has 4 aromatic rings. The predicted molar refractivity (Wildman–Crippen MR) is 114 cm³/mol. The Bertz CT molecular complexity index is 1260. The van der Waals surface area contributed by atoms with Crippen LogP contribution in [0.15, 0.2) is 36.4 Å². The third-order valence-corrected chi connectivity index (χ3v) is 5.86. The first-order valence-electron chi connectivity index (χ1n) is 9.25. The van der Waals surface area contributed by atoms with Crippen LogP contribution < -0.4 is 5.32 Å². The molecule has 0 unspecified atom stereocenters. The predicted octanol–water partition coefficient (Wildman–Crippen LogP) is 4.41. The summed E-state index contributed by atoms with van der Waals surface area (Å²) in [5, 5.41) is 14.7. The number of carbonyl (C=O) groups is 1. The summed E-state index contributed by atoms with van der Waals surface area (Å²) >= 11 is 1.33. The number of halogens is 1. The molecule has 0 fully saturated rings. The van der Waals surface area contributed by atoms with Gasteiger partial charge in [-0.2, -0.15) is 4.68 Å². The Kier molecular flexibility index (Phi) is 5.13. The number of hydrogen-bond acceptors (Lipinski definition) is 6. The van der Waals surface area contributed by atoms with Gasteiger partial charge in [0.05, 0.1) is 5.69 Å². The minimum absolute atomic E-state index is 0.160. The Labute approximate surface area is 176 Å². The quantitative estimate of drug-likeness (QED) is 0.526. The number of aryl methyl sites for hydroxylation is 4. The van der Waals surface area contributed by atoms with Crippen molar-refractivity contribution < 1.29 is 9.18 Å². The van der Waals surface area contributed by atoms with E-state index in [0.29, 0.717) is 22.1 Å². The van der Waals surface area contributed by atoms with Crippen molar-refractivity contribution in [3.63, 3.8) is 0 Å². The Morgan fingerprint density at radius 2 is 1.90 bits per heavy atom. The zero-order valence-corrected chi connectivity index (χ0v) is 17.7. The van der Waals surface area contributed by atoms with Gasteiger partial charge in [0, 0.05) is 11.3 Å². The molecule has 0 aliphatic carbocycles. The lowest BCUT2D eigenvalue weighted by molar-refractivity contribution is 0.103. The molecule has 2 heterocycles. The van der Waals surface area contributed by atoms with E-state index in [-0.39, 0.29) is 11.6 Å². The second kappa shape index (κ2) is 7.75. The summed E-state index contributed by atoms with van der Waals surface area (Å²) in [4.78, 5) is 18.0. The molecule has 2 aromatic heterocycles. The van der Waals surface area contributed by atoms with Crippen LogP contribution in [-0.2, 0) is 0 Å². The molecule has 1 N–H and O–H groups in total. The van der Waals surface area contributed by atoms with E-state index < -0.39 is 5.82 Å². The van der Waals surface area contributed by atoms with Crippen molar-refractivity contribution in [2.45, 2.75) is 27.7 Å². The van der Waals surface area contributed by atoms with Crippen molar-refractivity contribution in [3.8, 4) is 16.3 Å². The van der Waals surface area contributed by atoms with Gasteiger partial charge in [0.1, 0.15) is 21.4 Å². The summed E-state index contributed by atoms with van der Waals surface area (Å²) < 4.78 is 15.5. The molecule has 0 saturated heterocycles. The van der Waals surface area contributed by atoms with Gasteiger partial charge < -0.3 is 5.32 Å². The van der Waals surface area contributed by atoms with E-state index in [1.54, 1.807) is 13.8 Å². The lowest BCUT2D eigenvalue weighted by Gasteiger charge is -2.08. The number of rotatable bonds is 4. The van der Waals surface area contributed by atoms with E-state index in [4.69, 9.17) is 0 Å². The van der Waals surface area contributed by atoms with Gasteiger partial charge in [-0.15, -0.1) is 16.4 Å². The fourth-order valence-electron chi connectivity index (χ4n) is 3.17. The first-order chi connectivity index (χ1) is 14.3. The minimum Gasteiger partial charge on any atom is -0.321 e. The van der Waals surface area contributed by atoms with Crippen molar-refractivity contribution in [2.24, 2.45) is 0 Å². The maximum atomic E-state index is 14.3. The van der Waals surface area contributed by atoms with Crippen LogP contribution in [-0.4, -0.2) is 31.1 Å². The number of benzene rings is 2. The van der Waals surface area contributed by atoms with E-state index in [1.807, 2.05) is 26.0 Å². The first kappa shape index (κ1) is 19.8. The fourth-order valence-corrected chi connectivity index (χ4v) is 4.22. The summed E-state index contributed by atoms with van der Waals surface area (Å²) in [6.45, 7) is 7.54. The fraction of sp³-hybridized carbons (Fsp3) is 0.190. The van der Waals surface area contributed by atoms with E-state index in [1.165, 1.54) is 39.8 Å². The number of tetrazole rings is 1. The molecule has 0 aliphatic heterocycles. The smallest absolute Gasteiger partial charge is 0.267 e. The van der Waals surface area contributed by atoms with E-state index >= 15 is 0 Å². The molecule has 7 nitrogen and oxygen atoms in total. The molecule has 0 atom stereocenters. The number of aromatic nitrogens is 5. The molecule has 0 saturated carbocycles.